The quantitative estimate of drug-likeness (QED) is 0.380. The number of amides is 2. The van der Waals surface area contributed by atoms with E-state index in [0.29, 0.717) is 12.1 Å². The van der Waals surface area contributed by atoms with Crippen LogP contribution in [0.3, 0.4) is 0 Å². The number of sulfonamides is 1. The van der Waals surface area contributed by atoms with E-state index < -0.39 is 28.5 Å². The van der Waals surface area contributed by atoms with Gasteiger partial charge < -0.3 is 10.2 Å². The summed E-state index contributed by atoms with van der Waals surface area (Å²) in [5, 5.41) is 2.96. The minimum Gasteiger partial charge on any atom is -0.352 e. The SMILES string of the molecule is Cc1cccc(CN(C(=O)CN(c2ccc(C)cc2C)S(C)(=O)=O)[C@@H](Cc2ccccc2)C(=O)NC(C)C)c1. The first-order valence-corrected chi connectivity index (χ1v) is 14.9. The zero-order valence-corrected chi connectivity index (χ0v) is 24.5. The molecule has 0 radical (unpaired) electrons. The summed E-state index contributed by atoms with van der Waals surface area (Å²) >= 11 is 0. The Hall–Kier alpha value is -3.65. The summed E-state index contributed by atoms with van der Waals surface area (Å²) in [5.41, 5.74) is 4.97. The largest absolute Gasteiger partial charge is 0.352 e. The highest BCUT2D eigenvalue weighted by molar-refractivity contribution is 7.92. The minimum absolute atomic E-state index is 0.130. The van der Waals surface area contributed by atoms with Gasteiger partial charge in [-0.15, -0.1) is 0 Å². The molecule has 2 amide bonds. The van der Waals surface area contributed by atoms with Crippen LogP contribution < -0.4 is 9.62 Å². The third-order valence-electron chi connectivity index (χ3n) is 6.44. The second kappa shape index (κ2) is 12.9. The smallest absolute Gasteiger partial charge is 0.244 e. The average Bonchev–Trinajstić information content (AvgIpc) is 2.84. The Morgan fingerprint density at radius 1 is 0.846 bits per heavy atom. The molecule has 0 aliphatic carbocycles. The second-order valence-corrected chi connectivity index (χ2v) is 12.3. The van der Waals surface area contributed by atoms with Crippen LogP contribution in [-0.2, 0) is 32.6 Å². The van der Waals surface area contributed by atoms with Crippen molar-refractivity contribution in [2.24, 2.45) is 0 Å². The van der Waals surface area contributed by atoms with Gasteiger partial charge in [0, 0.05) is 19.0 Å². The van der Waals surface area contributed by atoms with Crippen LogP contribution in [0.25, 0.3) is 0 Å². The molecule has 1 N–H and O–H groups in total. The summed E-state index contributed by atoms with van der Waals surface area (Å²) in [6.07, 6.45) is 1.39. The highest BCUT2D eigenvalue weighted by Crippen LogP contribution is 2.25. The van der Waals surface area contributed by atoms with E-state index in [1.165, 1.54) is 4.90 Å². The third kappa shape index (κ3) is 8.42. The van der Waals surface area contributed by atoms with E-state index in [1.54, 1.807) is 6.07 Å². The number of anilines is 1. The molecule has 0 saturated heterocycles. The fraction of sp³-hybridized carbons (Fsp3) is 0.355. The number of hydrogen-bond acceptors (Lipinski definition) is 4. The van der Waals surface area contributed by atoms with Crippen LogP contribution in [0.2, 0.25) is 0 Å². The van der Waals surface area contributed by atoms with E-state index in [9.17, 15) is 18.0 Å². The molecule has 0 aliphatic rings. The summed E-state index contributed by atoms with van der Waals surface area (Å²) < 4.78 is 27.0. The van der Waals surface area contributed by atoms with Crippen LogP contribution in [0.4, 0.5) is 5.69 Å². The molecule has 0 aromatic heterocycles. The number of nitrogens with one attached hydrogen (secondary N) is 1. The number of carbonyl (C=O) groups is 2. The molecule has 3 aromatic carbocycles. The van der Waals surface area contributed by atoms with Gasteiger partial charge in [0.1, 0.15) is 12.6 Å². The van der Waals surface area contributed by atoms with Gasteiger partial charge in [0.15, 0.2) is 0 Å². The Balaban J connectivity index is 2.07. The molecule has 3 rings (SSSR count). The number of hydrogen-bond donors (Lipinski definition) is 1. The first kappa shape index (κ1) is 29.9. The Kier molecular flexibility index (Phi) is 9.92. The lowest BCUT2D eigenvalue weighted by atomic mass is 10.0. The van der Waals surface area contributed by atoms with Crippen LogP contribution in [0.15, 0.2) is 72.8 Å². The summed E-state index contributed by atoms with van der Waals surface area (Å²) in [6.45, 7) is 9.20. The molecule has 1 atom stereocenters. The molecule has 7 nitrogen and oxygen atoms in total. The molecule has 8 heteroatoms. The van der Waals surface area contributed by atoms with Crippen molar-refractivity contribution in [3.63, 3.8) is 0 Å². The molecule has 0 fully saturated rings. The number of rotatable bonds is 11. The molecule has 0 bridgehead atoms. The van der Waals surface area contributed by atoms with Gasteiger partial charge in [0.2, 0.25) is 21.8 Å². The van der Waals surface area contributed by atoms with E-state index >= 15 is 0 Å². The van der Waals surface area contributed by atoms with Crippen molar-refractivity contribution in [1.29, 1.82) is 0 Å². The van der Waals surface area contributed by atoms with E-state index in [1.807, 2.05) is 101 Å². The van der Waals surface area contributed by atoms with Crippen molar-refractivity contribution < 1.29 is 18.0 Å². The number of benzene rings is 3. The third-order valence-corrected chi connectivity index (χ3v) is 7.56. The lowest BCUT2D eigenvalue weighted by molar-refractivity contribution is -0.140. The van der Waals surface area contributed by atoms with Crippen LogP contribution in [0.1, 0.15) is 41.7 Å². The Morgan fingerprint density at radius 3 is 2.08 bits per heavy atom. The summed E-state index contributed by atoms with van der Waals surface area (Å²) in [6, 6.07) is 21.7. The number of carbonyl (C=O) groups excluding carboxylic acids is 2. The summed E-state index contributed by atoms with van der Waals surface area (Å²) in [7, 11) is -3.80. The topological polar surface area (TPSA) is 86.8 Å². The highest BCUT2D eigenvalue weighted by atomic mass is 32.2. The van der Waals surface area contributed by atoms with Crippen molar-refractivity contribution in [1.82, 2.24) is 10.2 Å². The molecule has 0 aliphatic heterocycles. The molecule has 0 spiro atoms. The molecular formula is C31H39N3O4S. The Bertz CT molecular complexity index is 1400. The Morgan fingerprint density at radius 2 is 1.49 bits per heavy atom. The van der Waals surface area contributed by atoms with E-state index in [-0.39, 0.29) is 18.5 Å². The molecular weight excluding hydrogens is 510 g/mol. The molecule has 208 valence electrons. The second-order valence-electron chi connectivity index (χ2n) is 10.4. The minimum atomic E-state index is -3.80. The van der Waals surface area contributed by atoms with Crippen molar-refractivity contribution in [3.05, 3.63) is 101 Å². The summed E-state index contributed by atoms with van der Waals surface area (Å²) in [4.78, 5) is 29.2. The van der Waals surface area contributed by atoms with Gasteiger partial charge in [-0.2, -0.15) is 0 Å². The van der Waals surface area contributed by atoms with Crippen LogP contribution >= 0.6 is 0 Å². The van der Waals surface area contributed by atoms with Crippen LogP contribution in [0, 0.1) is 20.8 Å². The first-order chi connectivity index (χ1) is 18.3. The van der Waals surface area contributed by atoms with E-state index in [2.05, 4.69) is 5.32 Å². The maximum absolute atomic E-state index is 14.1. The van der Waals surface area contributed by atoms with E-state index in [0.717, 1.165) is 38.4 Å². The van der Waals surface area contributed by atoms with Gasteiger partial charge in [0.05, 0.1) is 11.9 Å². The lowest BCUT2D eigenvalue weighted by Gasteiger charge is -2.34. The van der Waals surface area contributed by atoms with Gasteiger partial charge >= 0.3 is 0 Å². The average molecular weight is 550 g/mol. The maximum Gasteiger partial charge on any atom is 0.244 e. The molecule has 0 unspecified atom stereocenters. The zero-order valence-electron chi connectivity index (χ0n) is 23.6. The van der Waals surface area contributed by atoms with E-state index in [4.69, 9.17) is 0 Å². The van der Waals surface area contributed by atoms with Crippen LogP contribution in [0.5, 0.6) is 0 Å². The zero-order chi connectivity index (χ0) is 28.7. The fourth-order valence-corrected chi connectivity index (χ4v) is 5.53. The predicted molar refractivity (Wildman–Crippen MR) is 157 cm³/mol. The van der Waals surface area contributed by atoms with Gasteiger partial charge in [-0.05, 0) is 57.4 Å². The molecule has 3 aromatic rings. The predicted octanol–water partition coefficient (Wildman–Crippen LogP) is 4.54. The lowest BCUT2D eigenvalue weighted by Crippen LogP contribution is -2.54. The van der Waals surface area contributed by atoms with Crippen molar-refractivity contribution >= 4 is 27.5 Å². The number of aryl methyl sites for hydroxylation is 3. The monoisotopic (exact) mass is 549 g/mol. The standard InChI is InChI=1S/C31H39N3O4S/c1-22(2)32-31(36)29(19-26-12-8-7-9-13-26)33(20-27-14-10-11-23(3)18-27)30(35)21-34(39(6,37)38)28-16-15-24(4)17-25(28)5/h7-18,22,29H,19-21H2,1-6H3,(H,32,36)/t29-/m0/s1. The van der Waals surface area contributed by atoms with Gasteiger partial charge in [-0.25, -0.2) is 8.42 Å². The van der Waals surface area contributed by atoms with Gasteiger partial charge in [0.25, 0.3) is 0 Å². The normalized spacial score (nSPS) is 12.2. The van der Waals surface area contributed by atoms with Gasteiger partial charge in [-0.3, -0.25) is 13.9 Å². The number of nitrogens with zero attached hydrogens (tertiary/aromatic N) is 2. The van der Waals surface area contributed by atoms with Crippen molar-refractivity contribution in [3.8, 4) is 0 Å². The molecule has 0 saturated carbocycles. The van der Waals surface area contributed by atoms with Crippen LogP contribution in [-0.4, -0.2) is 50.0 Å². The first-order valence-electron chi connectivity index (χ1n) is 13.1. The van der Waals surface area contributed by atoms with Crippen molar-refractivity contribution in [2.75, 3.05) is 17.1 Å². The maximum atomic E-state index is 14.1. The molecule has 0 heterocycles. The highest BCUT2D eigenvalue weighted by Gasteiger charge is 2.33. The Labute approximate surface area is 232 Å². The fourth-order valence-electron chi connectivity index (χ4n) is 4.62. The summed E-state index contributed by atoms with van der Waals surface area (Å²) in [5.74, 6) is -0.742. The van der Waals surface area contributed by atoms with Gasteiger partial charge in [-0.1, -0.05) is 77.9 Å². The molecule has 39 heavy (non-hydrogen) atoms. The van der Waals surface area contributed by atoms with Crippen molar-refractivity contribution in [2.45, 2.75) is 59.7 Å².